The Hall–Kier alpha value is -2.35. The van der Waals surface area contributed by atoms with E-state index in [1.807, 2.05) is 31.2 Å². The van der Waals surface area contributed by atoms with Crippen molar-refractivity contribution in [1.82, 2.24) is 4.98 Å². The van der Waals surface area contributed by atoms with Crippen molar-refractivity contribution < 1.29 is 29.3 Å². The summed E-state index contributed by atoms with van der Waals surface area (Å²) < 4.78 is 11.8. The second kappa shape index (κ2) is 12.5. The minimum Gasteiger partial charge on any atom is -0.458 e. The predicted octanol–water partition coefficient (Wildman–Crippen LogP) is 4.66. The fourth-order valence-corrected chi connectivity index (χ4v) is 5.23. The van der Waals surface area contributed by atoms with E-state index in [9.17, 15) is 19.8 Å². The van der Waals surface area contributed by atoms with Gasteiger partial charge in [0.1, 0.15) is 11.9 Å². The Morgan fingerprint density at radius 3 is 2.65 bits per heavy atom. The fraction of sp³-hybridized carbons (Fsp3) is 0.633. The quantitative estimate of drug-likeness (QED) is 0.335. The SMILES string of the molecule is C=CCC[C@H]1C(=O)C(C)(C)[C@@H](O)CC(=O)O[C@H](C=Cc2ccccn2)CC2OC2(C)CCC[C@H](C)[C@H]1O. The molecule has 37 heavy (non-hydrogen) atoms. The van der Waals surface area contributed by atoms with Gasteiger partial charge in [0.2, 0.25) is 0 Å². The summed E-state index contributed by atoms with van der Waals surface area (Å²) in [5, 5.41) is 22.2. The van der Waals surface area contributed by atoms with Gasteiger partial charge >= 0.3 is 5.97 Å². The summed E-state index contributed by atoms with van der Waals surface area (Å²) in [6.07, 6.45) is 7.93. The molecular formula is C30H43NO6. The minimum absolute atomic E-state index is 0.0601. The number of aromatic nitrogens is 1. The Balaban J connectivity index is 1.84. The summed E-state index contributed by atoms with van der Waals surface area (Å²) in [7, 11) is 0. The number of carbonyl (C=O) groups excluding carboxylic acids is 2. The van der Waals surface area contributed by atoms with Crippen molar-refractivity contribution >= 4 is 17.8 Å². The van der Waals surface area contributed by atoms with Gasteiger partial charge in [-0.05, 0) is 62.8 Å². The third kappa shape index (κ3) is 7.59. The van der Waals surface area contributed by atoms with E-state index in [1.165, 1.54) is 0 Å². The van der Waals surface area contributed by atoms with Gasteiger partial charge < -0.3 is 19.7 Å². The predicted molar refractivity (Wildman–Crippen MR) is 142 cm³/mol. The lowest BCUT2D eigenvalue weighted by Gasteiger charge is -2.36. The maximum absolute atomic E-state index is 13.6. The normalized spacial score (nSPS) is 35.5. The van der Waals surface area contributed by atoms with E-state index in [4.69, 9.17) is 9.47 Å². The first-order chi connectivity index (χ1) is 17.5. The Morgan fingerprint density at radius 2 is 1.97 bits per heavy atom. The van der Waals surface area contributed by atoms with E-state index in [-0.39, 0.29) is 29.8 Å². The van der Waals surface area contributed by atoms with Gasteiger partial charge in [-0.2, -0.15) is 0 Å². The molecule has 1 aromatic rings. The van der Waals surface area contributed by atoms with Crippen LogP contribution in [0.3, 0.4) is 0 Å². The van der Waals surface area contributed by atoms with Crippen LogP contribution >= 0.6 is 0 Å². The van der Waals surface area contributed by atoms with Gasteiger partial charge in [0.25, 0.3) is 0 Å². The molecule has 3 heterocycles. The van der Waals surface area contributed by atoms with Crippen LogP contribution in [0.2, 0.25) is 0 Å². The lowest BCUT2D eigenvalue weighted by molar-refractivity contribution is -0.154. The van der Waals surface area contributed by atoms with Crippen molar-refractivity contribution in [2.24, 2.45) is 17.3 Å². The zero-order valence-electron chi connectivity index (χ0n) is 22.6. The molecule has 204 valence electrons. The highest BCUT2D eigenvalue weighted by Crippen LogP contribution is 2.44. The molecule has 0 aliphatic carbocycles. The molecule has 2 saturated heterocycles. The number of nitrogens with zero attached hydrogens (tertiary/aromatic N) is 1. The van der Waals surface area contributed by atoms with Gasteiger partial charge in [-0.3, -0.25) is 14.6 Å². The van der Waals surface area contributed by atoms with Crippen LogP contribution < -0.4 is 0 Å². The molecule has 1 aromatic heterocycles. The van der Waals surface area contributed by atoms with E-state index in [2.05, 4.69) is 18.5 Å². The fourth-order valence-electron chi connectivity index (χ4n) is 5.23. The van der Waals surface area contributed by atoms with E-state index >= 15 is 0 Å². The van der Waals surface area contributed by atoms with Crippen LogP contribution in [0.5, 0.6) is 0 Å². The molecule has 2 fully saturated rings. The van der Waals surface area contributed by atoms with Gasteiger partial charge in [0.05, 0.1) is 41.4 Å². The Morgan fingerprint density at radius 1 is 1.22 bits per heavy atom. The number of pyridine rings is 1. The first-order valence-corrected chi connectivity index (χ1v) is 13.5. The molecule has 7 atom stereocenters. The Kier molecular flexibility index (Phi) is 9.84. The molecule has 0 amide bonds. The molecule has 2 N–H and O–H groups in total. The van der Waals surface area contributed by atoms with Gasteiger partial charge in [-0.1, -0.05) is 39.3 Å². The van der Waals surface area contributed by atoms with Crippen molar-refractivity contribution in [3.8, 4) is 0 Å². The largest absolute Gasteiger partial charge is 0.458 e. The molecule has 0 spiro atoms. The number of epoxide rings is 1. The highest BCUT2D eigenvalue weighted by Gasteiger charge is 2.52. The molecule has 7 heteroatoms. The zero-order chi connectivity index (χ0) is 27.2. The molecule has 0 aromatic carbocycles. The van der Waals surface area contributed by atoms with Gasteiger partial charge in [0.15, 0.2) is 0 Å². The van der Waals surface area contributed by atoms with Crippen LogP contribution in [-0.4, -0.2) is 57.0 Å². The molecule has 0 bridgehead atoms. The first-order valence-electron chi connectivity index (χ1n) is 13.5. The number of hydrogen-bond donors (Lipinski definition) is 2. The van der Waals surface area contributed by atoms with E-state index in [1.54, 1.807) is 32.2 Å². The van der Waals surface area contributed by atoms with Crippen molar-refractivity contribution in [1.29, 1.82) is 0 Å². The maximum Gasteiger partial charge on any atom is 0.309 e. The Labute approximate surface area is 221 Å². The summed E-state index contributed by atoms with van der Waals surface area (Å²) in [6.45, 7) is 11.1. The lowest BCUT2D eigenvalue weighted by atomic mass is 9.71. The summed E-state index contributed by atoms with van der Waals surface area (Å²) in [5.41, 5.74) is -0.805. The molecule has 2 unspecified atom stereocenters. The average molecular weight is 514 g/mol. The molecule has 2 aliphatic rings. The number of carbonyl (C=O) groups is 2. The third-order valence-corrected chi connectivity index (χ3v) is 8.11. The number of rotatable bonds is 5. The molecule has 3 rings (SSSR count). The van der Waals surface area contributed by atoms with E-state index < -0.39 is 35.6 Å². The van der Waals surface area contributed by atoms with Crippen LogP contribution in [0.1, 0.15) is 78.3 Å². The van der Waals surface area contributed by atoms with E-state index in [0.717, 1.165) is 25.0 Å². The van der Waals surface area contributed by atoms with Gasteiger partial charge in [0, 0.05) is 18.5 Å². The smallest absolute Gasteiger partial charge is 0.309 e. The summed E-state index contributed by atoms with van der Waals surface area (Å²) in [4.78, 5) is 30.8. The molecule has 7 nitrogen and oxygen atoms in total. The number of hydrogen-bond acceptors (Lipinski definition) is 7. The molecular weight excluding hydrogens is 470 g/mol. The lowest BCUT2D eigenvalue weighted by Crippen LogP contribution is -2.46. The van der Waals surface area contributed by atoms with Gasteiger partial charge in [-0.15, -0.1) is 6.58 Å². The second-order valence-corrected chi connectivity index (χ2v) is 11.4. The number of ketones is 1. The monoisotopic (exact) mass is 513 g/mol. The average Bonchev–Trinajstić information content (AvgIpc) is 3.50. The van der Waals surface area contributed by atoms with Crippen LogP contribution in [0.15, 0.2) is 43.1 Å². The Bertz CT molecular complexity index is 960. The van der Waals surface area contributed by atoms with E-state index in [0.29, 0.717) is 19.3 Å². The zero-order valence-corrected chi connectivity index (χ0v) is 22.6. The summed E-state index contributed by atoms with van der Waals surface area (Å²) in [6, 6.07) is 5.58. The highest BCUT2D eigenvalue weighted by atomic mass is 16.6. The number of aliphatic hydroxyl groups is 2. The topological polar surface area (TPSA) is 109 Å². The van der Waals surface area contributed by atoms with Crippen LogP contribution in [0.4, 0.5) is 0 Å². The number of aliphatic hydroxyl groups excluding tert-OH is 2. The van der Waals surface area contributed by atoms with Crippen molar-refractivity contribution in [2.75, 3.05) is 0 Å². The maximum atomic E-state index is 13.6. The summed E-state index contributed by atoms with van der Waals surface area (Å²) in [5.74, 6) is -1.59. The molecule has 0 saturated carbocycles. The number of fused-ring (bicyclic) bond motifs is 1. The highest BCUT2D eigenvalue weighted by molar-refractivity contribution is 5.88. The molecule has 0 radical (unpaired) electrons. The first kappa shape index (κ1) is 29.2. The standard InChI is InChI=1S/C30H43NO6/c1-6-7-13-23-27(34)20(2)11-10-16-30(5)25(37-30)18-22(15-14-21-12-8-9-17-31-21)36-26(33)19-24(32)29(3,4)28(23)35/h6,8-9,12,14-15,17,20,22-25,27,32,34H,1,7,10-11,13,16,18-19H2,2-5H3/t20-,22+,23+,24-,25?,27+,30?/m0/s1. The van der Waals surface area contributed by atoms with Crippen molar-refractivity contribution in [3.63, 3.8) is 0 Å². The van der Waals surface area contributed by atoms with Crippen molar-refractivity contribution in [3.05, 3.63) is 48.8 Å². The molecule has 2 aliphatic heterocycles. The van der Waals surface area contributed by atoms with Crippen LogP contribution in [0.25, 0.3) is 6.08 Å². The minimum atomic E-state index is -1.25. The number of allylic oxidation sites excluding steroid dienone is 1. The number of cyclic esters (lactones) is 1. The number of esters is 1. The van der Waals surface area contributed by atoms with Gasteiger partial charge in [-0.25, -0.2) is 0 Å². The second-order valence-electron chi connectivity index (χ2n) is 11.4. The van der Waals surface area contributed by atoms with Crippen LogP contribution in [0, 0.1) is 17.3 Å². The number of ether oxygens (including phenoxy) is 2. The van der Waals surface area contributed by atoms with Crippen molar-refractivity contribution in [2.45, 2.75) is 103 Å². The summed E-state index contributed by atoms with van der Waals surface area (Å²) >= 11 is 0. The number of Topliss-reactive ketones (excluding diaryl/α,β-unsaturated/α-hetero) is 1. The third-order valence-electron chi connectivity index (χ3n) is 8.11. The van der Waals surface area contributed by atoms with Crippen LogP contribution in [-0.2, 0) is 19.1 Å².